The summed E-state index contributed by atoms with van der Waals surface area (Å²) in [7, 11) is 0. The van der Waals surface area contributed by atoms with Crippen LogP contribution in [0.4, 0.5) is 4.79 Å². The van der Waals surface area contributed by atoms with Crippen molar-refractivity contribution in [3.8, 4) is 0 Å². The molecule has 1 unspecified atom stereocenters. The molecule has 1 heterocycles. The molecule has 20 heavy (non-hydrogen) atoms. The predicted molar refractivity (Wildman–Crippen MR) is 82.2 cm³/mol. The minimum absolute atomic E-state index is 0.0302. The molecular weight excluding hydrogens is 276 g/mol. The number of hydrogen-bond acceptors (Lipinski definition) is 3. The molecule has 0 aromatic heterocycles. The number of urea groups is 1. The van der Waals surface area contributed by atoms with Gasteiger partial charge in [-0.25, -0.2) is 4.79 Å². The highest BCUT2D eigenvalue weighted by atomic mass is 32.2. The van der Waals surface area contributed by atoms with E-state index in [0.29, 0.717) is 5.92 Å². The molecule has 1 aliphatic rings. The SMILES string of the molecule is CCC(CSC)NC(=O)N1CCC(CCC(=O)O)CC1. The van der Waals surface area contributed by atoms with Crippen molar-refractivity contribution in [1.29, 1.82) is 0 Å². The topological polar surface area (TPSA) is 69.6 Å². The fraction of sp³-hybridized carbons (Fsp3) is 0.857. The molecule has 0 saturated carbocycles. The molecule has 0 radical (unpaired) electrons. The lowest BCUT2D eigenvalue weighted by molar-refractivity contribution is -0.137. The molecule has 1 saturated heterocycles. The van der Waals surface area contributed by atoms with Crippen LogP contribution in [0.2, 0.25) is 0 Å². The van der Waals surface area contributed by atoms with Gasteiger partial charge < -0.3 is 15.3 Å². The number of thioether (sulfide) groups is 1. The zero-order chi connectivity index (χ0) is 15.0. The van der Waals surface area contributed by atoms with Crippen LogP contribution in [0.15, 0.2) is 0 Å². The molecule has 0 aromatic rings. The van der Waals surface area contributed by atoms with E-state index in [0.717, 1.165) is 44.5 Å². The first-order valence-corrected chi connectivity index (χ1v) is 8.72. The Hall–Kier alpha value is -0.910. The number of hydrogen-bond donors (Lipinski definition) is 2. The van der Waals surface area contributed by atoms with Gasteiger partial charge in [-0.2, -0.15) is 11.8 Å². The van der Waals surface area contributed by atoms with Crippen molar-refractivity contribution in [2.24, 2.45) is 5.92 Å². The third-order valence-corrected chi connectivity index (χ3v) is 4.59. The molecule has 116 valence electrons. The summed E-state index contributed by atoms with van der Waals surface area (Å²) in [4.78, 5) is 24.5. The second kappa shape index (κ2) is 9.10. The Labute approximate surface area is 125 Å². The average Bonchev–Trinajstić information content (AvgIpc) is 2.45. The zero-order valence-electron chi connectivity index (χ0n) is 12.4. The molecule has 6 heteroatoms. The third-order valence-electron chi connectivity index (χ3n) is 3.86. The van der Waals surface area contributed by atoms with Crippen LogP contribution in [0, 0.1) is 5.92 Å². The summed E-state index contributed by atoms with van der Waals surface area (Å²) in [6, 6.07) is 0.268. The molecule has 2 N–H and O–H groups in total. The van der Waals surface area contributed by atoms with E-state index >= 15 is 0 Å². The number of carbonyl (C=O) groups excluding carboxylic acids is 1. The number of carbonyl (C=O) groups is 2. The first-order valence-electron chi connectivity index (χ1n) is 7.33. The molecular formula is C14H26N2O3S. The predicted octanol–water partition coefficient (Wildman–Crippen LogP) is 2.41. The van der Waals surface area contributed by atoms with Gasteiger partial charge in [0.15, 0.2) is 0 Å². The van der Waals surface area contributed by atoms with Crippen molar-refractivity contribution in [1.82, 2.24) is 10.2 Å². The Morgan fingerprint density at radius 3 is 2.55 bits per heavy atom. The lowest BCUT2D eigenvalue weighted by atomic mass is 9.92. The fourth-order valence-corrected chi connectivity index (χ4v) is 3.20. The van der Waals surface area contributed by atoms with Crippen LogP contribution in [0.25, 0.3) is 0 Å². The maximum atomic E-state index is 12.1. The van der Waals surface area contributed by atoms with Gasteiger partial charge in [0.05, 0.1) is 0 Å². The molecule has 0 aliphatic carbocycles. The highest BCUT2D eigenvalue weighted by Crippen LogP contribution is 2.22. The van der Waals surface area contributed by atoms with Gasteiger partial charge in [-0.05, 0) is 37.9 Å². The summed E-state index contributed by atoms with van der Waals surface area (Å²) in [6.45, 7) is 3.57. The van der Waals surface area contributed by atoms with E-state index in [2.05, 4.69) is 12.2 Å². The van der Waals surface area contributed by atoms with Gasteiger partial charge in [-0.3, -0.25) is 4.79 Å². The minimum Gasteiger partial charge on any atom is -0.481 e. The van der Waals surface area contributed by atoms with Crippen LogP contribution in [-0.2, 0) is 4.79 Å². The lowest BCUT2D eigenvalue weighted by Crippen LogP contribution is -2.48. The van der Waals surface area contributed by atoms with Gasteiger partial charge >= 0.3 is 12.0 Å². The summed E-state index contributed by atoms with van der Waals surface area (Å²) in [5.41, 5.74) is 0. The Morgan fingerprint density at radius 1 is 1.40 bits per heavy atom. The van der Waals surface area contributed by atoms with Crippen molar-refractivity contribution in [2.45, 2.75) is 45.1 Å². The number of amides is 2. The van der Waals surface area contributed by atoms with Crippen molar-refractivity contribution in [2.75, 3.05) is 25.1 Å². The van der Waals surface area contributed by atoms with Crippen molar-refractivity contribution in [3.63, 3.8) is 0 Å². The first-order chi connectivity index (χ1) is 9.56. The quantitative estimate of drug-likeness (QED) is 0.758. The summed E-state index contributed by atoms with van der Waals surface area (Å²) in [6.07, 6.45) is 5.79. The van der Waals surface area contributed by atoms with E-state index in [1.165, 1.54) is 0 Å². The van der Waals surface area contributed by atoms with Crippen LogP contribution in [0.1, 0.15) is 39.0 Å². The van der Waals surface area contributed by atoms with Gasteiger partial charge in [-0.15, -0.1) is 0 Å². The molecule has 1 atom stereocenters. The molecule has 5 nitrogen and oxygen atoms in total. The fourth-order valence-electron chi connectivity index (χ4n) is 2.48. The Morgan fingerprint density at radius 2 is 2.05 bits per heavy atom. The highest BCUT2D eigenvalue weighted by Gasteiger charge is 2.24. The van der Waals surface area contributed by atoms with Crippen LogP contribution in [-0.4, -0.2) is 53.1 Å². The number of piperidine rings is 1. The monoisotopic (exact) mass is 302 g/mol. The number of rotatable bonds is 7. The van der Waals surface area contributed by atoms with E-state index < -0.39 is 5.97 Å². The number of carboxylic acids is 1. The highest BCUT2D eigenvalue weighted by molar-refractivity contribution is 7.98. The smallest absolute Gasteiger partial charge is 0.317 e. The first kappa shape index (κ1) is 17.1. The molecule has 1 rings (SSSR count). The Bertz CT molecular complexity index is 318. The number of nitrogens with zero attached hydrogens (tertiary/aromatic N) is 1. The normalized spacial score (nSPS) is 17.8. The molecule has 1 aliphatic heterocycles. The van der Waals surface area contributed by atoms with E-state index in [9.17, 15) is 9.59 Å². The summed E-state index contributed by atoms with van der Waals surface area (Å²) >= 11 is 1.74. The van der Waals surface area contributed by atoms with Crippen LogP contribution in [0.3, 0.4) is 0 Å². The van der Waals surface area contributed by atoms with Crippen molar-refractivity contribution < 1.29 is 14.7 Å². The van der Waals surface area contributed by atoms with E-state index in [1.807, 2.05) is 11.2 Å². The molecule has 2 amide bonds. The van der Waals surface area contributed by atoms with E-state index in [-0.39, 0.29) is 18.5 Å². The second-order valence-electron chi connectivity index (χ2n) is 5.37. The summed E-state index contributed by atoms with van der Waals surface area (Å²) < 4.78 is 0. The van der Waals surface area contributed by atoms with Crippen molar-refractivity contribution >= 4 is 23.8 Å². The van der Waals surface area contributed by atoms with Gasteiger partial charge in [0.25, 0.3) is 0 Å². The van der Waals surface area contributed by atoms with Gasteiger partial charge in [-0.1, -0.05) is 6.92 Å². The lowest BCUT2D eigenvalue weighted by Gasteiger charge is -2.33. The molecule has 1 fully saturated rings. The molecule has 0 aromatic carbocycles. The van der Waals surface area contributed by atoms with E-state index in [4.69, 9.17) is 5.11 Å². The molecule has 0 bridgehead atoms. The number of carboxylic acid groups (broad SMARTS) is 1. The Balaban J connectivity index is 2.29. The van der Waals surface area contributed by atoms with Gasteiger partial charge in [0.1, 0.15) is 0 Å². The zero-order valence-corrected chi connectivity index (χ0v) is 13.2. The van der Waals surface area contributed by atoms with E-state index in [1.54, 1.807) is 11.8 Å². The molecule has 0 spiro atoms. The summed E-state index contributed by atoms with van der Waals surface area (Å²) in [5.74, 6) is 0.661. The number of aliphatic carboxylic acids is 1. The largest absolute Gasteiger partial charge is 0.481 e. The summed E-state index contributed by atoms with van der Waals surface area (Å²) in [5, 5.41) is 11.8. The van der Waals surface area contributed by atoms with Gasteiger partial charge in [0.2, 0.25) is 0 Å². The van der Waals surface area contributed by atoms with Crippen LogP contribution < -0.4 is 5.32 Å². The van der Waals surface area contributed by atoms with Crippen LogP contribution in [0.5, 0.6) is 0 Å². The number of likely N-dealkylation sites (tertiary alicyclic amines) is 1. The van der Waals surface area contributed by atoms with Gasteiger partial charge in [0, 0.05) is 31.3 Å². The second-order valence-corrected chi connectivity index (χ2v) is 6.28. The maximum Gasteiger partial charge on any atom is 0.317 e. The van der Waals surface area contributed by atoms with Crippen molar-refractivity contribution in [3.05, 3.63) is 0 Å². The van der Waals surface area contributed by atoms with Crippen LogP contribution >= 0.6 is 11.8 Å². The Kier molecular flexibility index (Phi) is 7.80. The third kappa shape index (κ3) is 6.03. The standard InChI is InChI=1S/C14H26N2O3S/c1-3-12(10-20-2)15-14(19)16-8-6-11(7-9-16)4-5-13(17)18/h11-12H,3-10H2,1-2H3,(H,15,19)(H,17,18). The maximum absolute atomic E-state index is 12.1. The average molecular weight is 302 g/mol. The minimum atomic E-state index is -0.729. The number of nitrogens with one attached hydrogen (secondary N) is 1.